The summed E-state index contributed by atoms with van der Waals surface area (Å²) < 4.78 is 5.35. The van der Waals surface area contributed by atoms with Crippen LogP contribution in [0.5, 0.6) is 11.5 Å². The van der Waals surface area contributed by atoms with Gasteiger partial charge in [0.1, 0.15) is 17.6 Å². The van der Waals surface area contributed by atoms with Gasteiger partial charge in [-0.05, 0) is 42.2 Å². The number of rotatable bonds is 3. The van der Waals surface area contributed by atoms with E-state index in [1.165, 1.54) is 0 Å². The number of hydrogen-bond donors (Lipinski definition) is 2. The summed E-state index contributed by atoms with van der Waals surface area (Å²) in [5.74, 6) is 1.000. The summed E-state index contributed by atoms with van der Waals surface area (Å²) in [5.41, 5.74) is 3.35. The third-order valence-electron chi connectivity index (χ3n) is 3.93. The number of methoxy groups -OCH3 is 1. The molecule has 0 saturated heterocycles. The minimum atomic E-state index is 0.0792. The summed E-state index contributed by atoms with van der Waals surface area (Å²) in [6.45, 7) is 0. The standard InChI is InChI=1S/C17H16N2O2/c1-21-16-7-2-4-11(10-18)17(16)19-14-9-8-13-12(14)5-3-6-15(13)20/h2-7,14,19-20H,8-9H2,1H3. The number of aromatic hydroxyl groups is 1. The number of hydrogen-bond acceptors (Lipinski definition) is 4. The van der Waals surface area contributed by atoms with Crippen molar-refractivity contribution in [1.29, 1.82) is 5.26 Å². The van der Waals surface area contributed by atoms with Crippen molar-refractivity contribution < 1.29 is 9.84 Å². The van der Waals surface area contributed by atoms with Crippen LogP contribution in [-0.2, 0) is 6.42 Å². The van der Waals surface area contributed by atoms with Crippen LogP contribution in [0, 0.1) is 11.3 Å². The molecule has 1 unspecified atom stereocenters. The molecular weight excluding hydrogens is 264 g/mol. The molecule has 3 rings (SSSR count). The van der Waals surface area contributed by atoms with Gasteiger partial charge < -0.3 is 15.2 Å². The van der Waals surface area contributed by atoms with Crippen molar-refractivity contribution in [3.05, 3.63) is 53.1 Å². The van der Waals surface area contributed by atoms with E-state index in [1.807, 2.05) is 18.2 Å². The molecule has 0 fully saturated rings. The summed E-state index contributed by atoms with van der Waals surface area (Å²) in [7, 11) is 1.59. The molecule has 0 aliphatic heterocycles. The number of fused-ring (bicyclic) bond motifs is 1. The lowest BCUT2D eigenvalue weighted by Crippen LogP contribution is -2.09. The van der Waals surface area contributed by atoms with E-state index in [-0.39, 0.29) is 6.04 Å². The first kappa shape index (κ1) is 13.3. The molecule has 0 saturated carbocycles. The lowest BCUT2D eigenvalue weighted by Gasteiger charge is -2.19. The van der Waals surface area contributed by atoms with Crippen molar-refractivity contribution in [2.75, 3.05) is 12.4 Å². The number of nitriles is 1. The van der Waals surface area contributed by atoms with Crippen molar-refractivity contribution in [1.82, 2.24) is 0 Å². The van der Waals surface area contributed by atoms with Crippen molar-refractivity contribution in [3.63, 3.8) is 0 Å². The Labute approximate surface area is 123 Å². The molecule has 0 radical (unpaired) electrons. The molecule has 1 atom stereocenters. The van der Waals surface area contributed by atoms with E-state index in [2.05, 4.69) is 11.4 Å². The minimum Gasteiger partial charge on any atom is -0.508 e. The summed E-state index contributed by atoms with van der Waals surface area (Å²) in [4.78, 5) is 0. The Balaban J connectivity index is 1.97. The van der Waals surface area contributed by atoms with Gasteiger partial charge in [0.15, 0.2) is 0 Å². The quantitative estimate of drug-likeness (QED) is 0.904. The normalized spacial score (nSPS) is 16.1. The van der Waals surface area contributed by atoms with Crippen molar-refractivity contribution in [3.8, 4) is 17.6 Å². The highest BCUT2D eigenvalue weighted by Gasteiger charge is 2.26. The van der Waals surface area contributed by atoms with E-state index < -0.39 is 0 Å². The monoisotopic (exact) mass is 280 g/mol. The van der Waals surface area contributed by atoms with Gasteiger partial charge in [0.2, 0.25) is 0 Å². The largest absolute Gasteiger partial charge is 0.508 e. The van der Waals surface area contributed by atoms with Crippen LogP contribution < -0.4 is 10.1 Å². The maximum Gasteiger partial charge on any atom is 0.143 e. The molecule has 1 aliphatic carbocycles. The van der Waals surface area contributed by atoms with Gasteiger partial charge in [-0.3, -0.25) is 0 Å². The van der Waals surface area contributed by atoms with Crippen LogP contribution in [0.3, 0.4) is 0 Å². The molecule has 106 valence electrons. The van der Waals surface area contributed by atoms with E-state index in [4.69, 9.17) is 4.74 Å². The predicted octanol–water partition coefficient (Wildman–Crippen LogP) is 3.37. The fourth-order valence-corrected chi connectivity index (χ4v) is 2.90. The van der Waals surface area contributed by atoms with E-state index in [0.717, 1.165) is 24.0 Å². The lowest BCUT2D eigenvalue weighted by molar-refractivity contribution is 0.416. The fraction of sp³-hybridized carbons (Fsp3) is 0.235. The number of ether oxygens (including phenoxy) is 1. The van der Waals surface area contributed by atoms with Gasteiger partial charge in [0, 0.05) is 0 Å². The third kappa shape index (κ3) is 2.27. The highest BCUT2D eigenvalue weighted by atomic mass is 16.5. The molecule has 21 heavy (non-hydrogen) atoms. The second-order valence-corrected chi connectivity index (χ2v) is 5.08. The number of para-hydroxylation sites is 1. The predicted molar refractivity (Wildman–Crippen MR) is 80.5 cm³/mol. The number of nitrogens with one attached hydrogen (secondary N) is 1. The second kappa shape index (κ2) is 5.37. The Kier molecular flexibility index (Phi) is 3.41. The Bertz CT molecular complexity index is 719. The van der Waals surface area contributed by atoms with Gasteiger partial charge in [-0.15, -0.1) is 0 Å². The first-order valence-corrected chi connectivity index (χ1v) is 6.89. The molecule has 0 spiro atoms. The van der Waals surface area contributed by atoms with Crippen LogP contribution in [0.4, 0.5) is 5.69 Å². The highest BCUT2D eigenvalue weighted by molar-refractivity contribution is 5.67. The molecule has 4 heteroatoms. The molecule has 2 aromatic rings. The van der Waals surface area contributed by atoms with Gasteiger partial charge >= 0.3 is 0 Å². The molecule has 0 heterocycles. The van der Waals surface area contributed by atoms with Gasteiger partial charge in [0.25, 0.3) is 0 Å². The molecule has 2 N–H and O–H groups in total. The first-order chi connectivity index (χ1) is 10.2. The number of phenols is 1. The van der Waals surface area contributed by atoms with E-state index in [9.17, 15) is 10.4 Å². The first-order valence-electron chi connectivity index (χ1n) is 6.89. The van der Waals surface area contributed by atoms with E-state index in [0.29, 0.717) is 22.7 Å². The zero-order valence-corrected chi connectivity index (χ0v) is 11.8. The van der Waals surface area contributed by atoms with Gasteiger partial charge in [-0.1, -0.05) is 18.2 Å². The smallest absolute Gasteiger partial charge is 0.143 e. The molecule has 0 aromatic heterocycles. The van der Waals surface area contributed by atoms with Crippen LogP contribution in [-0.4, -0.2) is 12.2 Å². The minimum absolute atomic E-state index is 0.0792. The van der Waals surface area contributed by atoms with E-state index >= 15 is 0 Å². The molecular formula is C17H16N2O2. The molecule has 0 amide bonds. The number of nitrogens with zero attached hydrogens (tertiary/aromatic N) is 1. The number of phenolic OH excluding ortho intramolecular Hbond substituents is 1. The second-order valence-electron chi connectivity index (χ2n) is 5.08. The molecule has 1 aliphatic rings. The summed E-state index contributed by atoms with van der Waals surface area (Å²) in [5, 5.41) is 22.6. The Morgan fingerprint density at radius 1 is 1.29 bits per heavy atom. The molecule has 0 bridgehead atoms. The zero-order chi connectivity index (χ0) is 14.8. The van der Waals surface area contributed by atoms with Crippen molar-refractivity contribution in [2.24, 2.45) is 0 Å². The van der Waals surface area contributed by atoms with Crippen molar-refractivity contribution >= 4 is 5.69 Å². The molecule has 2 aromatic carbocycles. The third-order valence-corrected chi connectivity index (χ3v) is 3.93. The average Bonchev–Trinajstić information content (AvgIpc) is 2.92. The Morgan fingerprint density at radius 3 is 2.86 bits per heavy atom. The zero-order valence-electron chi connectivity index (χ0n) is 11.8. The topological polar surface area (TPSA) is 65.3 Å². The van der Waals surface area contributed by atoms with Crippen molar-refractivity contribution in [2.45, 2.75) is 18.9 Å². The van der Waals surface area contributed by atoms with Crippen LogP contribution in [0.15, 0.2) is 36.4 Å². The van der Waals surface area contributed by atoms with Crippen LogP contribution >= 0.6 is 0 Å². The van der Waals surface area contributed by atoms with Crippen LogP contribution in [0.1, 0.15) is 29.2 Å². The van der Waals surface area contributed by atoms with Gasteiger partial charge in [-0.2, -0.15) is 5.26 Å². The van der Waals surface area contributed by atoms with E-state index in [1.54, 1.807) is 25.3 Å². The SMILES string of the molecule is COc1cccc(C#N)c1NC1CCc2c(O)cccc21. The van der Waals surface area contributed by atoms with Crippen LogP contribution in [0.2, 0.25) is 0 Å². The van der Waals surface area contributed by atoms with Gasteiger partial charge in [-0.25, -0.2) is 0 Å². The van der Waals surface area contributed by atoms with Gasteiger partial charge in [0.05, 0.1) is 24.4 Å². The fourth-order valence-electron chi connectivity index (χ4n) is 2.90. The summed E-state index contributed by atoms with van der Waals surface area (Å²) in [6, 6.07) is 13.2. The maximum absolute atomic E-state index is 9.91. The summed E-state index contributed by atoms with van der Waals surface area (Å²) >= 11 is 0. The average molecular weight is 280 g/mol. The summed E-state index contributed by atoms with van der Waals surface area (Å²) in [6.07, 6.45) is 1.71. The lowest BCUT2D eigenvalue weighted by atomic mass is 10.1. The Morgan fingerprint density at radius 2 is 2.10 bits per heavy atom. The Hall–Kier alpha value is -2.67. The number of benzene rings is 2. The number of anilines is 1. The molecule has 4 nitrogen and oxygen atoms in total. The van der Waals surface area contributed by atoms with Crippen LogP contribution in [0.25, 0.3) is 0 Å². The maximum atomic E-state index is 9.91. The highest BCUT2D eigenvalue weighted by Crippen LogP contribution is 2.40.